The molecule has 3 aliphatic heterocycles. The average molecular weight is 415 g/mol. The fourth-order valence-electron chi connectivity index (χ4n) is 4.72. The molecule has 164 valence electrons. The molecule has 0 saturated carbocycles. The number of carbonyl (C=O) groups is 2. The van der Waals surface area contributed by atoms with Crippen molar-refractivity contribution < 1.29 is 14.3 Å². The molecule has 2 saturated heterocycles. The molecule has 1 aromatic rings. The summed E-state index contributed by atoms with van der Waals surface area (Å²) >= 11 is 0. The van der Waals surface area contributed by atoms with Gasteiger partial charge in [-0.3, -0.25) is 9.69 Å². The summed E-state index contributed by atoms with van der Waals surface area (Å²) in [7, 11) is 0. The summed E-state index contributed by atoms with van der Waals surface area (Å²) in [6.45, 7) is 10.7. The monoisotopic (exact) mass is 414 g/mol. The van der Waals surface area contributed by atoms with Gasteiger partial charge in [0, 0.05) is 45.2 Å². The number of ether oxygens (including phenoxy) is 1. The first kappa shape index (κ1) is 21.0. The van der Waals surface area contributed by atoms with Crippen LogP contribution in [0.1, 0.15) is 33.1 Å². The van der Waals surface area contributed by atoms with Crippen molar-refractivity contribution in [3.63, 3.8) is 0 Å². The normalized spacial score (nSPS) is 23.1. The molecule has 0 aromatic heterocycles. The Labute approximate surface area is 179 Å². The van der Waals surface area contributed by atoms with Crippen LogP contribution in [0.2, 0.25) is 0 Å². The molecule has 0 spiro atoms. The van der Waals surface area contributed by atoms with Crippen molar-refractivity contribution in [2.75, 3.05) is 57.3 Å². The summed E-state index contributed by atoms with van der Waals surface area (Å²) in [4.78, 5) is 34.4. The predicted molar refractivity (Wildman–Crippen MR) is 117 cm³/mol. The van der Waals surface area contributed by atoms with Gasteiger partial charge >= 0.3 is 6.03 Å². The standard InChI is InChI=1S/C23H34N4O3/c1-3-19-17-27(20-7-5-6-8-21(20)30-19)23(29)26-11-9-18(10-12-26)22(28)25-15-13-24(4-2)14-16-25/h5-8,18-19H,3-4,9-17H2,1-2H3/t19-/m0/s1. The fourth-order valence-corrected chi connectivity index (χ4v) is 4.72. The Morgan fingerprint density at radius 2 is 1.67 bits per heavy atom. The maximum Gasteiger partial charge on any atom is 0.324 e. The number of hydrogen-bond donors (Lipinski definition) is 0. The molecule has 3 aliphatic rings. The number of benzene rings is 1. The summed E-state index contributed by atoms with van der Waals surface area (Å²) in [6.07, 6.45) is 2.38. The zero-order valence-corrected chi connectivity index (χ0v) is 18.3. The van der Waals surface area contributed by atoms with Crippen LogP contribution in [0.4, 0.5) is 10.5 Å². The van der Waals surface area contributed by atoms with Crippen LogP contribution in [-0.4, -0.2) is 85.1 Å². The lowest BCUT2D eigenvalue weighted by atomic mass is 9.95. The highest BCUT2D eigenvalue weighted by molar-refractivity contribution is 5.94. The maximum atomic E-state index is 13.3. The minimum atomic E-state index is 0.0183. The minimum Gasteiger partial charge on any atom is -0.486 e. The van der Waals surface area contributed by atoms with E-state index in [-0.39, 0.29) is 24.0 Å². The smallest absolute Gasteiger partial charge is 0.324 e. The second kappa shape index (κ2) is 9.25. The summed E-state index contributed by atoms with van der Waals surface area (Å²) in [5.41, 5.74) is 0.846. The molecule has 0 bridgehead atoms. The van der Waals surface area contributed by atoms with Crippen LogP contribution in [0.15, 0.2) is 24.3 Å². The van der Waals surface area contributed by atoms with E-state index in [1.165, 1.54) is 0 Å². The van der Waals surface area contributed by atoms with Crippen LogP contribution >= 0.6 is 0 Å². The molecule has 0 unspecified atom stereocenters. The average Bonchev–Trinajstić information content (AvgIpc) is 2.82. The van der Waals surface area contributed by atoms with Gasteiger partial charge in [-0.25, -0.2) is 4.79 Å². The zero-order chi connectivity index (χ0) is 21.1. The zero-order valence-electron chi connectivity index (χ0n) is 18.3. The van der Waals surface area contributed by atoms with E-state index in [1.54, 1.807) is 0 Å². The highest BCUT2D eigenvalue weighted by Crippen LogP contribution is 2.35. The van der Waals surface area contributed by atoms with Crippen molar-refractivity contribution in [1.82, 2.24) is 14.7 Å². The van der Waals surface area contributed by atoms with Crippen molar-refractivity contribution >= 4 is 17.6 Å². The number of rotatable bonds is 3. The van der Waals surface area contributed by atoms with Crippen LogP contribution < -0.4 is 9.64 Å². The number of carbonyl (C=O) groups excluding carboxylic acids is 2. The van der Waals surface area contributed by atoms with Gasteiger partial charge in [0.1, 0.15) is 11.9 Å². The van der Waals surface area contributed by atoms with Crippen LogP contribution in [-0.2, 0) is 4.79 Å². The van der Waals surface area contributed by atoms with Crippen LogP contribution in [0, 0.1) is 5.92 Å². The summed E-state index contributed by atoms with van der Waals surface area (Å²) in [5, 5.41) is 0. The van der Waals surface area contributed by atoms with Crippen LogP contribution in [0.25, 0.3) is 0 Å². The molecule has 0 N–H and O–H groups in total. The number of fused-ring (bicyclic) bond motifs is 1. The first-order valence-corrected chi connectivity index (χ1v) is 11.4. The Balaban J connectivity index is 1.35. The van der Waals surface area contributed by atoms with E-state index in [4.69, 9.17) is 4.74 Å². The van der Waals surface area contributed by atoms with Crippen molar-refractivity contribution in [1.29, 1.82) is 0 Å². The summed E-state index contributed by atoms with van der Waals surface area (Å²) < 4.78 is 6.01. The maximum absolute atomic E-state index is 13.3. The number of anilines is 1. The molecule has 1 atom stereocenters. The third-order valence-electron chi connectivity index (χ3n) is 6.77. The summed E-state index contributed by atoms with van der Waals surface area (Å²) in [6, 6.07) is 7.80. The van der Waals surface area contributed by atoms with E-state index < -0.39 is 0 Å². The first-order valence-electron chi connectivity index (χ1n) is 11.4. The number of para-hydroxylation sites is 2. The largest absolute Gasteiger partial charge is 0.486 e. The Bertz CT molecular complexity index is 755. The van der Waals surface area contributed by atoms with Gasteiger partial charge in [0.05, 0.1) is 12.2 Å². The highest BCUT2D eigenvalue weighted by Gasteiger charge is 2.35. The Morgan fingerprint density at radius 1 is 0.967 bits per heavy atom. The number of urea groups is 1. The second-order valence-electron chi connectivity index (χ2n) is 8.53. The molecule has 30 heavy (non-hydrogen) atoms. The third kappa shape index (κ3) is 4.26. The van der Waals surface area contributed by atoms with Gasteiger partial charge in [0.15, 0.2) is 0 Å². The number of piperazine rings is 1. The molecule has 3 heterocycles. The Kier molecular flexibility index (Phi) is 6.46. The van der Waals surface area contributed by atoms with Gasteiger partial charge in [-0.1, -0.05) is 26.0 Å². The van der Waals surface area contributed by atoms with E-state index >= 15 is 0 Å². The van der Waals surface area contributed by atoms with Gasteiger partial charge in [0.2, 0.25) is 5.91 Å². The van der Waals surface area contributed by atoms with Crippen LogP contribution in [0.3, 0.4) is 0 Å². The van der Waals surface area contributed by atoms with Gasteiger partial charge in [0.25, 0.3) is 0 Å². The first-order chi connectivity index (χ1) is 14.6. The highest BCUT2D eigenvalue weighted by atomic mass is 16.5. The molecular formula is C23H34N4O3. The van der Waals surface area contributed by atoms with E-state index in [9.17, 15) is 9.59 Å². The minimum absolute atomic E-state index is 0.0183. The number of nitrogens with zero attached hydrogens (tertiary/aromatic N) is 4. The van der Waals surface area contributed by atoms with Crippen LogP contribution in [0.5, 0.6) is 5.75 Å². The second-order valence-corrected chi connectivity index (χ2v) is 8.53. The molecule has 3 amide bonds. The topological polar surface area (TPSA) is 56.3 Å². The molecule has 0 radical (unpaired) electrons. The van der Waals surface area contributed by atoms with Gasteiger partial charge in [-0.2, -0.15) is 0 Å². The van der Waals surface area contributed by atoms with Gasteiger partial charge in [-0.05, 0) is 37.9 Å². The van der Waals surface area contributed by atoms with Crippen molar-refractivity contribution in [3.8, 4) is 5.75 Å². The SMILES string of the molecule is CC[C@H]1CN(C(=O)N2CCC(C(=O)N3CCN(CC)CC3)CC2)c2ccccc2O1. The van der Waals surface area contributed by atoms with E-state index in [2.05, 4.69) is 18.7 Å². The quantitative estimate of drug-likeness (QED) is 0.763. The van der Waals surface area contributed by atoms with Crippen molar-refractivity contribution in [2.24, 2.45) is 5.92 Å². The predicted octanol–water partition coefficient (Wildman–Crippen LogP) is 2.66. The van der Waals surface area contributed by atoms with Crippen molar-refractivity contribution in [2.45, 2.75) is 39.2 Å². The summed E-state index contributed by atoms with van der Waals surface area (Å²) in [5.74, 6) is 1.10. The Morgan fingerprint density at radius 3 is 2.33 bits per heavy atom. The van der Waals surface area contributed by atoms with E-state index in [0.717, 1.165) is 63.4 Å². The van der Waals surface area contributed by atoms with Gasteiger partial charge < -0.3 is 19.4 Å². The lowest BCUT2D eigenvalue weighted by Crippen LogP contribution is -2.54. The number of hydrogen-bond acceptors (Lipinski definition) is 4. The molecule has 1 aromatic carbocycles. The van der Waals surface area contributed by atoms with E-state index in [1.807, 2.05) is 39.0 Å². The number of piperidine rings is 1. The van der Waals surface area contributed by atoms with Gasteiger partial charge in [-0.15, -0.1) is 0 Å². The molecule has 0 aliphatic carbocycles. The lowest BCUT2D eigenvalue weighted by Gasteiger charge is -2.41. The number of amides is 3. The molecular weight excluding hydrogens is 380 g/mol. The fraction of sp³-hybridized carbons (Fsp3) is 0.652. The lowest BCUT2D eigenvalue weighted by molar-refractivity contribution is -0.138. The third-order valence-corrected chi connectivity index (χ3v) is 6.77. The van der Waals surface area contributed by atoms with Crippen molar-refractivity contribution in [3.05, 3.63) is 24.3 Å². The molecule has 2 fully saturated rings. The molecule has 4 rings (SSSR count). The van der Waals surface area contributed by atoms with E-state index in [0.29, 0.717) is 19.6 Å². The molecule has 7 heteroatoms. The Hall–Kier alpha value is -2.28. The molecule has 7 nitrogen and oxygen atoms in total. The number of likely N-dealkylation sites (N-methyl/N-ethyl adjacent to an activating group) is 1. The number of likely N-dealkylation sites (tertiary alicyclic amines) is 1.